The summed E-state index contributed by atoms with van der Waals surface area (Å²) < 4.78 is 5.88. The molecule has 0 aliphatic rings. The Labute approximate surface area is 146 Å². The van der Waals surface area contributed by atoms with Gasteiger partial charge in [-0.15, -0.1) is 0 Å². The van der Waals surface area contributed by atoms with Crippen molar-refractivity contribution in [3.8, 4) is 11.6 Å². The van der Waals surface area contributed by atoms with Crippen LogP contribution in [0.15, 0.2) is 58.7 Å². The predicted molar refractivity (Wildman–Crippen MR) is 97.7 cm³/mol. The predicted octanol–water partition coefficient (Wildman–Crippen LogP) is 4.93. The van der Waals surface area contributed by atoms with Crippen molar-refractivity contribution in [1.82, 2.24) is 9.97 Å². The Morgan fingerprint density at radius 1 is 0.875 bits per heavy atom. The van der Waals surface area contributed by atoms with Gasteiger partial charge in [-0.05, 0) is 56.2 Å². The van der Waals surface area contributed by atoms with Crippen molar-refractivity contribution in [2.75, 3.05) is 5.73 Å². The lowest BCUT2D eigenvalue weighted by Crippen LogP contribution is -1.99. The summed E-state index contributed by atoms with van der Waals surface area (Å²) in [4.78, 5) is 9.53. The lowest BCUT2D eigenvalue weighted by Gasteiger charge is -2.11. The molecule has 0 fully saturated rings. The van der Waals surface area contributed by atoms with Gasteiger partial charge in [0.1, 0.15) is 22.8 Å². The normalized spacial score (nSPS) is 10.6. The van der Waals surface area contributed by atoms with E-state index >= 15 is 0 Å². The molecule has 0 saturated heterocycles. The number of aryl methyl sites for hydroxylation is 3. The number of ether oxygens (including phenoxy) is 1. The first kappa shape index (κ1) is 16.3. The molecule has 0 spiro atoms. The van der Waals surface area contributed by atoms with Crippen molar-refractivity contribution in [2.24, 2.45) is 0 Å². The molecule has 3 aromatic rings. The van der Waals surface area contributed by atoms with E-state index in [4.69, 9.17) is 10.5 Å². The highest BCUT2D eigenvalue weighted by Gasteiger charge is 2.12. The smallest absolute Gasteiger partial charge is 0.247 e. The second kappa shape index (κ2) is 6.93. The van der Waals surface area contributed by atoms with E-state index in [1.807, 2.05) is 38.1 Å². The third-order valence-electron chi connectivity index (χ3n) is 3.46. The van der Waals surface area contributed by atoms with Crippen LogP contribution in [0.25, 0.3) is 0 Å². The average molecular weight is 337 g/mol. The largest absolute Gasteiger partial charge is 0.437 e. The molecular formula is C19H19N3OS. The van der Waals surface area contributed by atoms with Crippen LogP contribution in [0, 0.1) is 20.8 Å². The van der Waals surface area contributed by atoms with Crippen LogP contribution >= 0.6 is 11.8 Å². The van der Waals surface area contributed by atoms with Gasteiger partial charge in [0.05, 0.1) is 0 Å². The van der Waals surface area contributed by atoms with Gasteiger partial charge < -0.3 is 10.5 Å². The zero-order valence-electron chi connectivity index (χ0n) is 13.9. The molecule has 1 aromatic heterocycles. The summed E-state index contributed by atoms with van der Waals surface area (Å²) in [6, 6.07) is 14.2. The molecule has 1 heterocycles. The highest BCUT2D eigenvalue weighted by molar-refractivity contribution is 7.99. The van der Waals surface area contributed by atoms with Gasteiger partial charge in [0, 0.05) is 4.90 Å². The van der Waals surface area contributed by atoms with E-state index in [-0.39, 0.29) is 0 Å². The summed E-state index contributed by atoms with van der Waals surface area (Å²) >= 11 is 1.50. The molecule has 24 heavy (non-hydrogen) atoms. The van der Waals surface area contributed by atoms with Crippen LogP contribution in [-0.2, 0) is 0 Å². The van der Waals surface area contributed by atoms with Crippen molar-refractivity contribution < 1.29 is 4.74 Å². The topological polar surface area (TPSA) is 61.0 Å². The van der Waals surface area contributed by atoms with Crippen LogP contribution < -0.4 is 10.5 Å². The number of hydrogen-bond donors (Lipinski definition) is 1. The quantitative estimate of drug-likeness (QED) is 0.684. The van der Waals surface area contributed by atoms with E-state index in [1.54, 1.807) is 0 Å². The Morgan fingerprint density at radius 2 is 1.54 bits per heavy atom. The van der Waals surface area contributed by atoms with Crippen molar-refractivity contribution in [2.45, 2.75) is 30.7 Å². The third-order valence-corrected chi connectivity index (χ3v) is 4.48. The fourth-order valence-electron chi connectivity index (χ4n) is 2.35. The van der Waals surface area contributed by atoms with Gasteiger partial charge in [-0.25, -0.2) is 4.98 Å². The van der Waals surface area contributed by atoms with Crippen molar-refractivity contribution in [3.63, 3.8) is 0 Å². The van der Waals surface area contributed by atoms with Gasteiger partial charge in [0.25, 0.3) is 0 Å². The minimum Gasteiger partial charge on any atom is -0.437 e. The molecule has 0 atom stereocenters. The molecule has 0 amide bonds. The SMILES string of the molecule is Cc1ccc(Sc2ncnc(Oc3cc(C)cc(C)c3)c2N)cc1. The highest BCUT2D eigenvalue weighted by Crippen LogP contribution is 2.35. The first-order chi connectivity index (χ1) is 11.5. The number of hydrogen-bond acceptors (Lipinski definition) is 5. The molecule has 0 aliphatic heterocycles. The summed E-state index contributed by atoms with van der Waals surface area (Å²) in [5.41, 5.74) is 10.1. The number of nitrogens with zero attached hydrogens (tertiary/aromatic N) is 2. The minimum absolute atomic E-state index is 0.379. The lowest BCUT2D eigenvalue weighted by molar-refractivity contribution is 0.461. The van der Waals surface area contributed by atoms with Crippen LogP contribution in [0.4, 0.5) is 5.69 Å². The molecule has 122 valence electrons. The van der Waals surface area contributed by atoms with Gasteiger partial charge in [-0.1, -0.05) is 35.5 Å². The highest BCUT2D eigenvalue weighted by atomic mass is 32.2. The summed E-state index contributed by atoms with van der Waals surface area (Å²) in [7, 11) is 0. The Morgan fingerprint density at radius 3 is 2.21 bits per heavy atom. The molecule has 4 nitrogen and oxygen atoms in total. The number of nitrogen functional groups attached to an aromatic ring is 1. The Balaban J connectivity index is 1.86. The average Bonchev–Trinajstić information content (AvgIpc) is 2.52. The second-order valence-corrected chi connectivity index (χ2v) is 6.80. The number of benzene rings is 2. The van der Waals surface area contributed by atoms with E-state index in [2.05, 4.69) is 35.1 Å². The Hall–Kier alpha value is -2.53. The van der Waals surface area contributed by atoms with E-state index in [0.717, 1.165) is 21.8 Å². The van der Waals surface area contributed by atoms with Crippen LogP contribution in [0.2, 0.25) is 0 Å². The zero-order chi connectivity index (χ0) is 17.1. The standard InChI is InChI=1S/C19H19N3OS/c1-12-4-6-16(7-5-12)24-19-17(20)18(21-11-22-19)23-15-9-13(2)8-14(3)10-15/h4-11H,20H2,1-3H3. The maximum atomic E-state index is 6.21. The number of nitrogens with two attached hydrogens (primary N) is 1. The van der Waals surface area contributed by atoms with Crippen LogP contribution in [-0.4, -0.2) is 9.97 Å². The van der Waals surface area contributed by atoms with Gasteiger partial charge >= 0.3 is 0 Å². The molecule has 0 saturated carbocycles. The first-order valence-corrected chi connectivity index (χ1v) is 8.44. The molecule has 3 rings (SSSR count). The first-order valence-electron chi connectivity index (χ1n) is 7.62. The van der Waals surface area contributed by atoms with Crippen LogP contribution in [0.5, 0.6) is 11.6 Å². The zero-order valence-corrected chi connectivity index (χ0v) is 14.7. The molecule has 0 unspecified atom stereocenters. The molecule has 0 bridgehead atoms. The molecule has 0 radical (unpaired) electrons. The fraction of sp³-hybridized carbons (Fsp3) is 0.158. The van der Waals surface area contributed by atoms with Gasteiger partial charge in [-0.3, -0.25) is 0 Å². The second-order valence-electron chi connectivity index (χ2n) is 5.74. The van der Waals surface area contributed by atoms with Crippen molar-refractivity contribution in [3.05, 3.63) is 65.5 Å². The van der Waals surface area contributed by atoms with Gasteiger partial charge in [-0.2, -0.15) is 4.98 Å². The van der Waals surface area contributed by atoms with Gasteiger partial charge in [0.15, 0.2) is 0 Å². The summed E-state index contributed by atoms with van der Waals surface area (Å²) in [6.45, 7) is 6.12. The summed E-state index contributed by atoms with van der Waals surface area (Å²) in [5.74, 6) is 1.11. The molecule has 5 heteroatoms. The minimum atomic E-state index is 0.379. The number of rotatable bonds is 4. The molecule has 2 aromatic carbocycles. The number of aromatic nitrogens is 2. The van der Waals surface area contributed by atoms with E-state index in [0.29, 0.717) is 16.6 Å². The maximum absolute atomic E-state index is 6.21. The molecular weight excluding hydrogens is 318 g/mol. The summed E-state index contributed by atoms with van der Waals surface area (Å²) in [5, 5.41) is 0.688. The maximum Gasteiger partial charge on any atom is 0.247 e. The van der Waals surface area contributed by atoms with Crippen LogP contribution in [0.1, 0.15) is 16.7 Å². The van der Waals surface area contributed by atoms with E-state index in [9.17, 15) is 0 Å². The summed E-state index contributed by atoms with van der Waals surface area (Å²) in [6.07, 6.45) is 1.48. The molecule has 0 aliphatic carbocycles. The lowest BCUT2D eigenvalue weighted by atomic mass is 10.1. The van der Waals surface area contributed by atoms with E-state index in [1.165, 1.54) is 23.7 Å². The number of anilines is 1. The Bertz CT molecular complexity index is 843. The van der Waals surface area contributed by atoms with E-state index < -0.39 is 0 Å². The van der Waals surface area contributed by atoms with Gasteiger partial charge in [0.2, 0.25) is 5.88 Å². The Kier molecular flexibility index (Phi) is 4.71. The van der Waals surface area contributed by atoms with Crippen molar-refractivity contribution in [1.29, 1.82) is 0 Å². The monoisotopic (exact) mass is 337 g/mol. The third kappa shape index (κ3) is 3.86. The van der Waals surface area contributed by atoms with Crippen LogP contribution in [0.3, 0.4) is 0 Å². The fourth-order valence-corrected chi connectivity index (χ4v) is 3.14. The molecule has 2 N–H and O–H groups in total. The van der Waals surface area contributed by atoms with Crippen molar-refractivity contribution >= 4 is 17.4 Å².